The van der Waals surface area contributed by atoms with Crippen LogP contribution in [0.25, 0.3) is 17.4 Å². The molecule has 1 aromatic heterocycles. The fourth-order valence-electron chi connectivity index (χ4n) is 2.75. The number of nitrogens with one attached hydrogen (secondary N) is 1. The van der Waals surface area contributed by atoms with Crippen LogP contribution in [0.1, 0.15) is 33.0 Å². The third kappa shape index (κ3) is 5.96. The van der Waals surface area contributed by atoms with Gasteiger partial charge in [0.05, 0.1) is 4.91 Å². The molecule has 2 aromatic rings. The van der Waals surface area contributed by atoms with E-state index in [4.69, 9.17) is 21.4 Å². The number of furan rings is 1. The molecule has 1 N–H and O–H groups in total. The highest BCUT2D eigenvalue weighted by Crippen LogP contribution is 2.34. The summed E-state index contributed by atoms with van der Waals surface area (Å²) in [6.45, 7) is 6.23. The minimum Gasteiger partial charge on any atom is -0.457 e. The number of carbonyl (C=O) groups excluding carboxylic acids is 2. The van der Waals surface area contributed by atoms with Gasteiger partial charge in [0.15, 0.2) is 0 Å². The van der Waals surface area contributed by atoms with E-state index < -0.39 is 11.7 Å². The van der Waals surface area contributed by atoms with Crippen LogP contribution in [-0.2, 0) is 4.74 Å². The first-order chi connectivity index (χ1) is 14.2. The molecule has 0 unspecified atom stereocenters. The van der Waals surface area contributed by atoms with Crippen molar-refractivity contribution in [1.82, 2.24) is 10.2 Å². The number of rotatable bonds is 6. The van der Waals surface area contributed by atoms with Gasteiger partial charge in [-0.1, -0.05) is 42.5 Å². The second kappa shape index (κ2) is 9.49. The van der Waals surface area contributed by atoms with Gasteiger partial charge >= 0.3 is 6.09 Å². The van der Waals surface area contributed by atoms with Gasteiger partial charge < -0.3 is 14.5 Å². The van der Waals surface area contributed by atoms with E-state index in [1.54, 1.807) is 31.7 Å². The van der Waals surface area contributed by atoms with Crippen LogP contribution in [0.15, 0.2) is 51.8 Å². The normalized spacial score (nSPS) is 15.7. The molecule has 2 amide bonds. The van der Waals surface area contributed by atoms with E-state index in [9.17, 15) is 9.59 Å². The number of ether oxygens (including phenoxy) is 1. The molecule has 2 heterocycles. The van der Waals surface area contributed by atoms with Crippen LogP contribution in [0.2, 0.25) is 0 Å². The van der Waals surface area contributed by atoms with Gasteiger partial charge in [-0.3, -0.25) is 9.69 Å². The van der Waals surface area contributed by atoms with Crippen molar-refractivity contribution in [2.45, 2.75) is 32.8 Å². The monoisotopic (exact) mass is 444 g/mol. The maximum absolute atomic E-state index is 12.3. The van der Waals surface area contributed by atoms with Crippen LogP contribution in [0.3, 0.4) is 0 Å². The molecule has 0 radical (unpaired) electrons. The number of amides is 2. The Hall–Kier alpha value is -2.58. The molecular formula is C22H24N2O4S2. The lowest BCUT2D eigenvalue weighted by Crippen LogP contribution is -2.35. The molecule has 0 bridgehead atoms. The summed E-state index contributed by atoms with van der Waals surface area (Å²) in [5, 5.41) is 2.56. The number of thioether (sulfide) groups is 1. The van der Waals surface area contributed by atoms with Crippen molar-refractivity contribution < 1.29 is 18.7 Å². The van der Waals surface area contributed by atoms with E-state index in [0.717, 1.165) is 23.1 Å². The van der Waals surface area contributed by atoms with Crippen LogP contribution < -0.4 is 5.32 Å². The van der Waals surface area contributed by atoms with Crippen LogP contribution in [0, 0.1) is 0 Å². The third-order valence-electron chi connectivity index (χ3n) is 4.06. The number of carbonyl (C=O) groups is 2. The number of benzene rings is 1. The summed E-state index contributed by atoms with van der Waals surface area (Å²) in [6, 6.07) is 13.6. The predicted molar refractivity (Wildman–Crippen MR) is 123 cm³/mol. The average Bonchev–Trinajstić information content (AvgIpc) is 3.24. The highest BCUT2D eigenvalue weighted by molar-refractivity contribution is 8.19. The molecule has 1 aromatic carbocycles. The lowest BCUT2D eigenvalue weighted by atomic mass is 10.2. The van der Waals surface area contributed by atoms with Gasteiger partial charge in [-0.2, -0.15) is 0 Å². The lowest BCUT2D eigenvalue weighted by Gasteiger charge is -2.20. The molecule has 1 aliphatic rings. The van der Waals surface area contributed by atoms with Crippen molar-refractivity contribution >= 4 is 46.4 Å². The molecule has 158 valence electrons. The topological polar surface area (TPSA) is 71.8 Å². The molecule has 6 nitrogen and oxygen atoms in total. The molecule has 0 atom stereocenters. The standard InChI is InChI=1S/C22H24N2O4S2/c1-22(2,3)28-20(25)23-12-7-13-24-19(29)18(30-21(24)26)14-16-10-11-17(27-16)15-8-5-4-6-9-15/h4-6,8-11,14H,7,12-13H2,1-3H3,(H,23,25)/b18-14+. The summed E-state index contributed by atoms with van der Waals surface area (Å²) >= 11 is 6.56. The zero-order valence-electron chi connectivity index (χ0n) is 17.1. The summed E-state index contributed by atoms with van der Waals surface area (Å²) in [4.78, 5) is 26.7. The van der Waals surface area contributed by atoms with Gasteiger partial charge in [-0.05, 0) is 57.2 Å². The molecule has 1 fully saturated rings. The van der Waals surface area contributed by atoms with E-state index in [1.165, 1.54) is 0 Å². The van der Waals surface area contributed by atoms with Crippen LogP contribution in [-0.4, -0.2) is 39.9 Å². The number of nitrogens with zero attached hydrogens (tertiary/aromatic N) is 1. The molecule has 1 saturated heterocycles. The first-order valence-corrected chi connectivity index (χ1v) is 10.8. The smallest absolute Gasteiger partial charge is 0.407 e. The van der Waals surface area contributed by atoms with Gasteiger partial charge in [0.2, 0.25) is 0 Å². The number of alkyl carbamates (subject to hydrolysis) is 1. The Morgan fingerprint density at radius 1 is 1.23 bits per heavy atom. The summed E-state index contributed by atoms with van der Waals surface area (Å²) < 4.78 is 11.1. The first-order valence-electron chi connectivity index (χ1n) is 9.60. The van der Waals surface area contributed by atoms with Gasteiger partial charge in [-0.15, -0.1) is 0 Å². The number of hydrogen-bond acceptors (Lipinski definition) is 6. The van der Waals surface area contributed by atoms with E-state index in [2.05, 4.69) is 5.32 Å². The third-order valence-corrected chi connectivity index (χ3v) is 5.55. The minimum atomic E-state index is -0.543. The van der Waals surface area contributed by atoms with Gasteiger partial charge in [0.25, 0.3) is 5.24 Å². The van der Waals surface area contributed by atoms with Crippen molar-refractivity contribution in [3.63, 3.8) is 0 Å². The Bertz CT molecular complexity index is 961. The van der Waals surface area contributed by atoms with E-state index in [1.807, 2.05) is 42.5 Å². The van der Waals surface area contributed by atoms with Crippen molar-refractivity contribution in [1.29, 1.82) is 0 Å². The predicted octanol–water partition coefficient (Wildman–Crippen LogP) is 5.70. The molecule has 0 saturated carbocycles. The Balaban J connectivity index is 1.55. The summed E-state index contributed by atoms with van der Waals surface area (Å²) in [5.41, 5.74) is 0.443. The summed E-state index contributed by atoms with van der Waals surface area (Å²) in [5.74, 6) is 1.40. The van der Waals surface area contributed by atoms with Crippen molar-refractivity contribution in [2.24, 2.45) is 0 Å². The van der Waals surface area contributed by atoms with E-state index in [-0.39, 0.29) is 5.24 Å². The Labute approximate surface area is 185 Å². The van der Waals surface area contributed by atoms with E-state index >= 15 is 0 Å². The Kier molecular flexibility index (Phi) is 6.99. The Morgan fingerprint density at radius 3 is 2.67 bits per heavy atom. The van der Waals surface area contributed by atoms with Gasteiger partial charge in [0.1, 0.15) is 22.1 Å². The lowest BCUT2D eigenvalue weighted by molar-refractivity contribution is 0.0527. The molecule has 3 rings (SSSR count). The van der Waals surface area contributed by atoms with Crippen LogP contribution in [0.4, 0.5) is 9.59 Å². The zero-order valence-corrected chi connectivity index (χ0v) is 18.8. The molecule has 30 heavy (non-hydrogen) atoms. The Morgan fingerprint density at radius 2 is 1.97 bits per heavy atom. The highest BCUT2D eigenvalue weighted by atomic mass is 32.2. The summed E-state index contributed by atoms with van der Waals surface area (Å²) in [7, 11) is 0. The molecule has 0 spiro atoms. The average molecular weight is 445 g/mol. The van der Waals surface area contributed by atoms with Crippen LogP contribution >= 0.6 is 24.0 Å². The summed E-state index contributed by atoms with van der Waals surface area (Å²) in [6.07, 6.45) is 1.88. The molecule has 1 aliphatic heterocycles. The second-order valence-corrected chi connectivity index (χ2v) is 9.06. The quantitative estimate of drug-likeness (QED) is 0.350. The maximum Gasteiger partial charge on any atom is 0.407 e. The minimum absolute atomic E-state index is 0.127. The number of thiocarbonyl (C=S) groups is 1. The van der Waals surface area contributed by atoms with Gasteiger partial charge in [0, 0.05) is 18.7 Å². The van der Waals surface area contributed by atoms with Crippen LogP contribution in [0.5, 0.6) is 0 Å². The van der Waals surface area contributed by atoms with Crippen molar-refractivity contribution in [3.05, 3.63) is 53.1 Å². The second-order valence-electron chi connectivity index (χ2n) is 7.68. The highest BCUT2D eigenvalue weighted by Gasteiger charge is 2.31. The molecular weight excluding hydrogens is 420 g/mol. The largest absolute Gasteiger partial charge is 0.457 e. The zero-order chi connectivity index (χ0) is 21.7. The van der Waals surface area contributed by atoms with E-state index in [0.29, 0.717) is 35.2 Å². The molecule has 8 heteroatoms. The number of hydrogen-bond donors (Lipinski definition) is 1. The fraction of sp³-hybridized carbons (Fsp3) is 0.318. The van der Waals surface area contributed by atoms with Crippen molar-refractivity contribution in [2.75, 3.05) is 13.1 Å². The fourth-order valence-corrected chi connectivity index (χ4v) is 4.02. The van der Waals surface area contributed by atoms with Crippen molar-refractivity contribution in [3.8, 4) is 11.3 Å². The van der Waals surface area contributed by atoms with Gasteiger partial charge in [-0.25, -0.2) is 4.79 Å². The maximum atomic E-state index is 12.3. The first kappa shape index (κ1) is 22.1. The SMILES string of the molecule is CC(C)(C)OC(=O)NCCCN1C(=O)S/C(=C/c2ccc(-c3ccccc3)o2)C1=S. The molecule has 0 aliphatic carbocycles.